The molecule has 4 heterocycles. The molecule has 1 aromatic heterocycles. The average Bonchev–Trinajstić information content (AvgIpc) is 3.25. The van der Waals surface area contributed by atoms with Crippen LogP contribution in [0.2, 0.25) is 0 Å². The molecule has 4 rings (SSSR count). The van der Waals surface area contributed by atoms with E-state index in [1.165, 1.54) is 0 Å². The summed E-state index contributed by atoms with van der Waals surface area (Å²) in [6.45, 7) is 10.3. The first-order valence-corrected chi connectivity index (χ1v) is 11.8. The minimum absolute atomic E-state index is 0.101. The monoisotopic (exact) mass is 449 g/mol. The van der Waals surface area contributed by atoms with Gasteiger partial charge in [-0.25, -0.2) is 9.59 Å². The molecule has 3 fully saturated rings. The summed E-state index contributed by atoms with van der Waals surface area (Å²) < 4.78 is 11.3. The number of fused-ring (bicyclic) bond motifs is 2. The van der Waals surface area contributed by atoms with Crippen LogP contribution in [0.4, 0.5) is 9.59 Å². The number of piperidine rings is 1. The Kier molecular flexibility index (Phi) is 6.60. The summed E-state index contributed by atoms with van der Waals surface area (Å²) in [4.78, 5) is 34.1. The van der Waals surface area contributed by atoms with Gasteiger partial charge in [0, 0.05) is 26.1 Å². The van der Waals surface area contributed by atoms with E-state index in [0.29, 0.717) is 50.4 Å². The number of ether oxygens (including phenoxy) is 1. The van der Waals surface area contributed by atoms with E-state index in [1.54, 1.807) is 14.9 Å². The van der Waals surface area contributed by atoms with Crippen molar-refractivity contribution < 1.29 is 23.6 Å². The van der Waals surface area contributed by atoms with E-state index >= 15 is 0 Å². The van der Waals surface area contributed by atoms with Crippen LogP contribution in [0.25, 0.3) is 0 Å². The molecule has 0 unspecified atom stereocenters. The molecular weight excluding hydrogens is 414 g/mol. The molecule has 3 aliphatic rings. The van der Waals surface area contributed by atoms with Crippen molar-refractivity contribution in [2.45, 2.75) is 83.9 Å². The van der Waals surface area contributed by atoms with Crippen LogP contribution in [0.3, 0.4) is 0 Å². The number of aryl methyl sites for hydroxylation is 1. The fraction of sp³-hybridized carbons (Fsp3) is 0.818. The van der Waals surface area contributed by atoms with Crippen molar-refractivity contribution in [2.75, 3.05) is 26.2 Å². The van der Waals surface area contributed by atoms with E-state index in [2.05, 4.69) is 17.1 Å². The second-order valence-corrected chi connectivity index (χ2v) is 10.0. The maximum Gasteiger partial charge on any atom is 0.410 e. The topological polar surface area (TPSA) is 101 Å². The van der Waals surface area contributed by atoms with E-state index in [0.717, 1.165) is 32.1 Å². The molecule has 2 bridgehead atoms. The first-order valence-electron chi connectivity index (χ1n) is 11.8. The van der Waals surface area contributed by atoms with Gasteiger partial charge >= 0.3 is 12.1 Å². The second-order valence-electron chi connectivity index (χ2n) is 10.0. The highest BCUT2D eigenvalue weighted by Crippen LogP contribution is 2.38. The Morgan fingerprint density at radius 1 is 1.19 bits per heavy atom. The van der Waals surface area contributed by atoms with Crippen LogP contribution in [0.1, 0.15) is 77.6 Å². The lowest BCUT2D eigenvalue weighted by Gasteiger charge is -2.39. The van der Waals surface area contributed by atoms with Gasteiger partial charge in [0.2, 0.25) is 11.8 Å². The Morgan fingerprint density at radius 3 is 2.69 bits per heavy atom. The number of aromatic nitrogens is 2. The second kappa shape index (κ2) is 9.25. The Morgan fingerprint density at radius 2 is 1.97 bits per heavy atom. The number of hydrogen-bond acceptors (Lipinski definition) is 7. The number of rotatable bonds is 8. The highest BCUT2D eigenvalue weighted by molar-refractivity contribution is 5.77. The molecule has 0 spiro atoms. The number of carbonyl (C=O) groups is 2. The Balaban J connectivity index is 1.24. The lowest BCUT2D eigenvalue weighted by Crippen LogP contribution is -2.51. The Labute approximate surface area is 189 Å². The first kappa shape index (κ1) is 22.8. The normalized spacial score (nSPS) is 23.6. The molecule has 178 valence electrons. The third-order valence-electron chi connectivity index (χ3n) is 6.19. The summed E-state index contributed by atoms with van der Waals surface area (Å²) >= 11 is 0. The minimum Gasteiger partial charge on any atom is -0.444 e. The summed E-state index contributed by atoms with van der Waals surface area (Å²) in [5, 5.41) is 9.99. The lowest BCUT2D eigenvalue weighted by atomic mass is 9.95. The quantitative estimate of drug-likeness (QED) is 0.560. The molecule has 0 N–H and O–H groups in total. The van der Waals surface area contributed by atoms with Gasteiger partial charge in [-0.15, -0.1) is 10.2 Å². The van der Waals surface area contributed by atoms with Crippen LogP contribution in [0.5, 0.6) is 0 Å². The van der Waals surface area contributed by atoms with Gasteiger partial charge in [0.25, 0.3) is 0 Å². The fourth-order valence-corrected chi connectivity index (χ4v) is 4.42. The molecule has 3 saturated heterocycles. The van der Waals surface area contributed by atoms with Crippen LogP contribution < -0.4 is 0 Å². The molecule has 10 nitrogen and oxygen atoms in total. The van der Waals surface area contributed by atoms with Crippen molar-refractivity contribution in [1.82, 2.24) is 25.1 Å². The molecule has 0 aromatic carbocycles. The molecule has 3 amide bonds. The zero-order valence-electron chi connectivity index (χ0n) is 19.6. The van der Waals surface area contributed by atoms with Crippen molar-refractivity contribution >= 4 is 12.1 Å². The van der Waals surface area contributed by atoms with Crippen molar-refractivity contribution in [3.8, 4) is 0 Å². The largest absolute Gasteiger partial charge is 0.444 e. The van der Waals surface area contributed by atoms with Crippen LogP contribution >= 0.6 is 0 Å². The third kappa shape index (κ3) is 5.00. The molecule has 0 radical (unpaired) electrons. The summed E-state index contributed by atoms with van der Waals surface area (Å²) in [5.41, 5.74) is -0.475. The lowest BCUT2D eigenvalue weighted by molar-refractivity contribution is -0.130. The summed E-state index contributed by atoms with van der Waals surface area (Å²) in [7, 11) is 0. The molecule has 0 saturated carbocycles. The maximum atomic E-state index is 12.8. The number of urea groups is 1. The SMILES string of the molecule is CCCCON1C(=O)N2C[C@@H]1CC[C@H]2c1nnc(CCC2CN(C(=O)OC(C)(C)C)C2)o1. The van der Waals surface area contributed by atoms with Crippen molar-refractivity contribution in [3.63, 3.8) is 0 Å². The van der Waals surface area contributed by atoms with Gasteiger partial charge in [-0.2, -0.15) is 5.06 Å². The van der Waals surface area contributed by atoms with Crippen LogP contribution in [-0.2, 0) is 16.0 Å². The predicted octanol–water partition coefficient (Wildman–Crippen LogP) is 3.54. The zero-order valence-corrected chi connectivity index (χ0v) is 19.6. The van der Waals surface area contributed by atoms with Gasteiger partial charge in [0.15, 0.2) is 0 Å². The summed E-state index contributed by atoms with van der Waals surface area (Å²) in [5.74, 6) is 1.49. The third-order valence-corrected chi connectivity index (χ3v) is 6.19. The van der Waals surface area contributed by atoms with Crippen molar-refractivity contribution in [3.05, 3.63) is 11.8 Å². The molecule has 3 aliphatic heterocycles. The first-order chi connectivity index (χ1) is 15.2. The van der Waals surface area contributed by atoms with E-state index in [1.807, 2.05) is 20.8 Å². The summed E-state index contributed by atoms with van der Waals surface area (Å²) in [6, 6.07) is -0.194. The molecular formula is C22H35N5O5. The van der Waals surface area contributed by atoms with Gasteiger partial charge in [-0.3, -0.25) is 4.84 Å². The number of nitrogens with zero attached hydrogens (tertiary/aromatic N) is 5. The fourth-order valence-electron chi connectivity index (χ4n) is 4.42. The number of likely N-dealkylation sites (tertiary alicyclic amines) is 1. The minimum atomic E-state index is -0.475. The number of hydroxylamine groups is 2. The van der Waals surface area contributed by atoms with Gasteiger partial charge in [-0.05, 0) is 52.4 Å². The van der Waals surface area contributed by atoms with Crippen LogP contribution in [0, 0.1) is 5.92 Å². The highest BCUT2D eigenvalue weighted by atomic mass is 16.7. The smallest absolute Gasteiger partial charge is 0.410 e. The van der Waals surface area contributed by atoms with E-state index in [9.17, 15) is 9.59 Å². The van der Waals surface area contributed by atoms with Crippen LogP contribution in [0.15, 0.2) is 4.42 Å². The number of unbranched alkanes of at least 4 members (excludes halogenated alkanes) is 1. The Hall–Kier alpha value is -2.36. The average molecular weight is 450 g/mol. The predicted molar refractivity (Wildman–Crippen MR) is 114 cm³/mol. The van der Waals surface area contributed by atoms with Crippen LogP contribution in [-0.4, -0.2) is 75.1 Å². The maximum absolute atomic E-state index is 12.8. The number of carbonyl (C=O) groups excluding carboxylic acids is 2. The van der Waals surface area contributed by atoms with Gasteiger partial charge in [0.1, 0.15) is 11.6 Å². The van der Waals surface area contributed by atoms with Gasteiger partial charge in [0.05, 0.1) is 12.6 Å². The van der Waals surface area contributed by atoms with Crippen molar-refractivity contribution in [1.29, 1.82) is 0 Å². The van der Waals surface area contributed by atoms with E-state index < -0.39 is 5.60 Å². The van der Waals surface area contributed by atoms with Crippen molar-refractivity contribution in [2.24, 2.45) is 5.92 Å². The number of hydrogen-bond donors (Lipinski definition) is 0. The Bertz CT molecular complexity index is 816. The van der Waals surface area contributed by atoms with Gasteiger partial charge in [-0.1, -0.05) is 13.3 Å². The molecule has 2 atom stereocenters. The zero-order chi connectivity index (χ0) is 22.9. The molecule has 32 heavy (non-hydrogen) atoms. The van der Waals surface area contributed by atoms with Gasteiger partial charge < -0.3 is 19.0 Å². The van der Waals surface area contributed by atoms with E-state index in [4.69, 9.17) is 14.0 Å². The number of amides is 3. The highest BCUT2D eigenvalue weighted by Gasteiger charge is 2.47. The van der Waals surface area contributed by atoms with E-state index in [-0.39, 0.29) is 24.2 Å². The standard InChI is InChI=1S/C22H35N5O5/c1-5-6-11-30-27-16-8-9-17(26(14-16)20(27)28)19-24-23-18(31-19)10-7-15-12-25(13-15)21(29)32-22(2,3)4/h15-17H,5-14H2,1-4H3/t16-,17-/m0/s1. The molecule has 1 aromatic rings. The summed E-state index contributed by atoms with van der Waals surface area (Å²) in [6.07, 6.45) is 4.89. The molecule has 10 heteroatoms. The molecule has 0 aliphatic carbocycles.